The van der Waals surface area contributed by atoms with E-state index in [1.165, 1.54) is 48.6 Å². The Morgan fingerprint density at radius 2 is 1.18 bits per heavy atom. The summed E-state index contributed by atoms with van der Waals surface area (Å²) in [5, 5.41) is 1.91. The maximum atomic E-state index is 13.9. The standard InChI is InChI=1S/C22H20F2N2O2/c1-3-15(27)11-21-17-7-5-13(23)9-19(17)26-22(12-16(28)4-2)18-8-6-14(24)10-20(18)25-21/h5-12,25-26H,3-4H2,1-2H3/b21-11+,22-12+. The second-order valence-corrected chi connectivity index (χ2v) is 6.39. The molecule has 0 aliphatic rings. The van der Waals surface area contributed by atoms with Gasteiger partial charge in [0.1, 0.15) is 11.6 Å². The van der Waals surface area contributed by atoms with Crippen molar-refractivity contribution in [2.45, 2.75) is 26.7 Å². The van der Waals surface area contributed by atoms with Gasteiger partial charge in [0, 0.05) is 35.8 Å². The number of H-pyrrole nitrogens is 2. The van der Waals surface area contributed by atoms with Crippen LogP contribution < -0.4 is 10.7 Å². The Morgan fingerprint density at radius 3 is 1.54 bits per heavy atom. The molecule has 0 unspecified atom stereocenters. The Labute approximate surface area is 159 Å². The maximum absolute atomic E-state index is 13.9. The average Bonchev–Trinajstić information content (AvgIpc) is 2.66. The molecule has 0 aliphatic heterocycles. The number of rotatable bonds is 4. The lowest BCUT2D eigenvalue weighted by Gasteiger charge is -2.04. The van der Waals surface area contributed by atoms with Crippen LogP contribution in [0.1, 0.15) is 26.7 Å². The fraction of sp³-hybridized carbons (Fsp3) is 0.182. The van der Waals surface area contributed by atoms with Crippen molar-refractivity contribution in [3.8, 4) is 0 Å². The monoisotopic (exact) mass is 382 g/mol. The molecule has 2 N–H and O–H groups in total. The van der Waals surface area contributed by atoms with Gasteiger partial charge in [-0.1, -0.05) is 13.8 Å². The van der Waals surface area contributed by atoms with Crippen molar-refractivity contribution in [1.82, 2.24) is 9.97 Å². The number of fused-ring (bicyclic) bond motifs is 2. The van der Waals surface area contributed by atoms with Gasteiger partial charge in [0.05, 0.1) is 21.7 Å². The van der Waals surface area contributed by atoms with Crippen LogP contribution in [0.25, 0.3) is 34.0 Å². The summed E-state index contributed by atoms with van der Waals surface area (Å²) in [6.07, 6.45) is 3.42. The number of hydrogen-bond acceptors (Lipinski definition) is 2. The minimum Gasteiger partial charge on any atom is -0.354 e. The summed E-state index contributed by atoms with van der Waals surface area (Å²) in [5.74, 6) is -1.19. The van der Waals surface area contributed by atoms with E-state index in [2.05, 4.69) is 9.97 Å². The molecule has 0 bridgehead atoms. The minimum absolute atomic E-state index is 0.131. The van der Waals surface area contributed by atoms with Crippen LogP contribution in [-0.2, 0) is 9.59 Å². The summed E-state index contributed by atoms with van der Waals surface area (Å²) >= 11 is 0. The molecule has 6 heteroatoms. The van der Waals surface area contributed by atoms with Crippen LogP contribution in [0, 0.1) is 11.6 Å². The van der Waals surface area contributed by atoms with Crippen LogP contribution in [0.5, 0.6) is 0 Å². The molecule has 0 saturated carbocycles. The zero-order valence-electron chi connectivity index (χ0n) is 15.6. The fourth-order valence-electron chi connectivity index (χ4n) is 2.89. The average molecular weight is 382 g/mol. The lowest BCUT2D eigenvalue weighted by molar-refractivity contribution is -0.113. The number of benzene rings is 2. The minimum atomic E-state index is -0.464. The Bertz CT molecular complexity index is 1150. The number of hydrogen-bond donors (Lipinski definition) is 2. The number of carbonyl (C=O) groups excluding carboxylic acids is 2. The number of aromatic amines is 2. The maximum Gasteiger partial charge on any atom is 0.157 e. The van der Waals surface area contributed by atoms with Gasteiger partial charge in [-0.15, -0.1) is 0 Å². The van der Waals surface area contributed by atoms with E-state index in [9.17, 15) is 18.4 Å². The molecular formula is C22H20F2N2O2. The van der Waals surface area contributed by atoms with Crippen molar-refractivity contribution in [3.63, 3.8) is 0 Å². The Hall–Kier alpha value is -3.28. The van der Waals surface area contributed by atoms with Gasteiger partial charge in [-0.05, 0) is 36.4 Å². The van der Waals surface area contributed by atoms with Crippen molar-refractivity contribution in [3.05, 3.63) is 58.7 Å². The lowest BCUT2D eigenvalue weighted by Crippen LogP contribution is -2.16. The quantitative estimate of drug-likeness (QED) is 0.725. The van der Waals surface area contributed by atoms with Gasteiger partial charge in [-0.2, -0.15) is 0 Å². The van der Waals surface area contributed by atoms with Gasteiger partial charge in [0.25, 0.3) is 0 Å². The molecule has 1 aromatic heterocycles. The predicted octanol–water partition coefficient (Wildman–Crippen LogP) is 3.57. The summed E-state index contributed by atoms with van der Waals surface area (Å²) < 4.78 is 27.8. The van der Waals surface area contributed by atoms with E-state index in [4.69, 9.17) is 0 Å². The first-order valence-electron chi connectivity index (χ1n) is 9.04. The smallest absolute Gasteiger partial charge is 0.157 e. The van der Waals surface area contributed by atoms with Gasteiger partial charge >= 0.3 is 0 Å². The Kier molecular flexibility index (Phi) is 5.68. The van der Waals surface area contributed by atoms with E-state index < -0.39 is 11.6 Å². The molecule has 0 amide bonds. The highest BCUT2D eigenvalue weighted by atomic mass is 19.1. The van der Waals surface area contributed by atoms with Crippen molar-refractivity contribution in [2.75, 3.05) is 0 Å². The molecule has 0 atom stereocenters. The molecule has 0 fully saturated rings. The third-order valence-corrected chi connectivity index (χ3v) is 4.39. The van der Waals surface area contributed by atoms with Crippen LogP contribution in [0.2, 0.25) is 0 Å². The molecule has 0 spiro atoms. The zero-order valence-corrected chi connectivity index (χ0v) is 15.6. The largest absolute Gasteiger partial charge is 0.354 e. The zero-order chi connectivity index (χ0) is 20.3. The number of Topliss-reactive ketones (excluding diaryl/α,β-unsaturated/α-hetero) is 2. The molecule has 0 saturated heterocycles. The van der Waals surface area contributed by atoms with E-state index in [1.54, 1.807) is 13.8 Å². The van der Waals surface area contributed by atoms with E-state index in [-0.39, 0.29) is 11.6 Å². The molecular weight excluding hydrogens is 362 g/mol. The predicted molar refractivity (Wildman–Crippen MR) is 106 cm³/mol. The van der Waals surface area contributed by atoms with Gasteiger partial charge in [0.15, 0.2) is 11.6 Å². The Balaban J connectivity index is 2.64. The summed E-state index contributed by atoms with van der Waals surface area (Å²) in [4.78, 5) is 30.3. The summed E-state index contributed by atoms with van der Waals surface area (Å²) in [6.45, 7) is 3.47. The van der Waals surface area contributed by atoms with Gasteiger partial charge in [0.2, 0.25) is 0 Å². The van der Waals surface area contributed by atoms with Crippen LogP contribution in [0.3, 0.4) is 0 Å². The first kappa shape index (κ1) is 19.5. The molecule has 0 aliphatic carbocycles. The summed E-state index contributed by atoms with van der Waals surface area (Å²) in [7, 11) is 0. The van der Waals surface area contributed by atoms with E-state index in [0.29, 0.717) is 45.3 Å². The van der Waals surface area contributed by atoms with Crippen LogP contribution >= 0.6 is 0 Å². The van der Waals surface area contributed by atoms with E-state index >= 15 is 0 Å². The van der Waals surface area contributed by atoms with Crippen molar-refractivity contribution in [1.29, 1.82) is 0 Å². The summed E-state index contributed by atoms with van der Waals surface area (Å²) in [5.41, 5.74) is 0.792. The van der Waals surface area contributed by atoms with Crippen LogP contribution in [0.4, 0.5) is 8.78 Å². The molecule has 3 aromatic rings. The van der Waals surface area contributed by atoms with E-state index in [1.807, 2.05) is 0 Å². The van der Waals surface area contributed by atoms with Crippen molar-refractivity contribution < 1.29 is 18.4 Å². The second kappa shape index (κ2) is 8.17. The van der Waals surface area contributed by atoms with Gasteiger partial charge < -0.3 is 9.97 Å². The van der Waals surface area contributed by atoms with Crippen molar-refractivity contribution in [2.24, 2.45) is 0 Å². The molecule has 28 heavy (non-hydrogen) atoms. The molecule has 4 nitrogen and oxygen atoms in total. The Morgan fingerprint density at radius 1 is 0.786 bits per heavy atom. The topological polar surface area (TPSA) is 65.7 Å². The molecule has 2 aromatic carbocycles. The molecule has 144 valence electrons. The number of nitrogens with one attached hydrogen (secondary N) is 2. The molecule has 3 rings (SSSR count). The third-order valence-electron chi connectivity index (χ3n) is 4.39. The highest BCUT2D eigenvalue weighted by Crippen LogP contribution is 2.11. The second-order valence-electron chi connectivity index (χ2n) is 6.39. The van der Waals surface area contributed by atoms with Crippen LogP contribution in [0.15, 0.2) is 36.4 Å². The van der Waals surface area contributed by atoms with Crippen LogP contribution in [-0.4, -0.2) is 21.5 Å². The first-order valence-corrected chi connectivity index (χ1v) is 9.04. The highest BCUT2D eigenvalue weighted by Gasteiger charge is 2.04. The summed E-state index contributed by atoms with van der Waals surface area (Å²) in [6, 6.07) is 8.20. The number of halogens is 2. The highest BCUT2D eigenvalue weighted by molar-refractivity contribution is 6.08. The van der Waals surface area contributed by atoms with Crippen molar-refractivity contribution >= 4 is 45.5 Å². The molecule has 1 heterocycles. The first-order chi connectivity index (χ1) is 13.4. The van der Waals surface area contributed by atoms with Gasteiger partial charge in [-0.25, -0.2) is 8.78 Å². The number of ketones is 2. The normalized spacial score (nSPS) is 12.6. The van der Waals surface area contributed by atoms with E-state index in [0.717, 1.165) is 0 Å². The number of aromatic nitrogens is 2. The third kappa shape index (κ3) is 4.17. The lowest BCUT2D eigenvalue weighted by atomic mass is 10.1. The fourth-order valence-corrected chi connectivity index (χ4v) is 2.89. The SMILES string of the molecule is CCC(=O)/C=c1/[nH]c2cc(F)ccc2/c(=C\C(=O)CC)[nH]c2cc(F)ccc12. The molecule has 0 radical (unpaired) electrons. The number of carbonyl (C=O) groups is 2. The van der Waals surface area contributed by atoms with Gasteiger partial charge in [-0.3, -0.25) is 9.59 Å².